The van der Waals surface area contributed by atoms with Crippen molar-refractivity contribution in [1.82, 2.24) is 10.6 Å². The Morgan fingerprint density at radius 2 is 1.63 bits per heavy atom. The Hall–Kier alpha value is -3.86. The predicted molar refractivity (Wildman–Crippen MR) is 154 cm³/mol. The van der Waals surface area contributed by atoms with E-state index in [2.05, 4.69) is 10.6 Å². The fraction of sp³-hybridized carbons (Fsp3) is 0.419. The standard InChI is InChI=1S/C31H38N2O8/c1-6-33-27(14-32-2)41-17-11-20-18(23(12-17)37-3)7-8-19-28(20)22(34)13-24-29(19)30(35)21(15-40-24)16-9-25(38-4)31(36)26(10-16)39-5/h9-13,21,27,30,32-36H,6-8,14-15H2,1-5H3. The molecule has 1 aliphatic carbocycles. The summed E-state index contributed by atoms with van der Waals surface area (Å²) >= 11 is 0. The number of ether oxygens (including phenoxy) is 5. The fourth-order valence-electron chi connectivity index (χ4n) is 5.93. The lowest BCUT2D eigenvalue weighted by Crippen LogP contribution is -2.41. The quantitative estimate of drug-likeness (QED) is 0.232. The Kier molecular flexibility index (Phi) is 8.35. The van der Waals surface area contributed by atoms with Gasteiger partial charge in [0, 0.05) is 41.3 Å². The summed E-state index contributed by atoms with van der Waals surface area (Å²) in [7, 11) is 6.41. The van der Waals surface area contributed by atoms with Gasteiger partial charge in [0.15, 0.2) is 17.7 Å². The first-order chi connectivity index (χ1) is 19.8. The lowest BCUT2D eigenvalue weighted by atomic mass is 9.77. The van der Waals surface area contributed by atoms with Gasteiger partial charge in [-0.25, -0.2) is 0 Å². The number of hydrogen-bond acceptors (Lipinski definition) is 10. The van der Waals surface area contributed by atoms with Crippen LogP contribution >= 0.6 is 0 Å². The third-order valence-electron chi connectivity index (χ3n) is 7.84. The summed E-state index contributed by atoms with van der Waals surface area (Å²) in [6, 6.07) is 8.73. The zero-order valence-corrected chi connectivity index (χ0v) is 24.0. The van der Waals surface area contributed by atoms with Gasteiger partial charge < -0.3 is 44.3 Å². The van der Waals surface area contributed by atoms with Crippen LogP contribution in [0.1, 0.15) is 41.2 Å². The van der Waals surface area contributed by atoms with Gasteiger partial charge >= 0.3 is 0 Å². The average molecular weight is 567 g/mol. The van der Waals surface area contributed by atoms with E-state index in [0.29, 0.717) is 53.3 Å². The molecular formula is C31H38N2O8. The van der Waals surface area contributed by atoms with Crippen LogP contribution in [-0.4, -0.2) is 69.6 Å². The highest BCUT2D eigenvalue weighted by Gasteiger charge is 2.37. The summed E-state index contributed by atoms with van der Waals surface area (Å²) in [6.07, 6.45) is 0.0181. The maximum Gasteiger partial charge on any atom is 0.200 e. The molecular weight excluding hydrogens is 528 g/mol. The van der Waals surface area contributed by atoms with Crippen molar-refractivity contribution in [2.24, 2.45) is 0 Å². The second kappa shape index (κ2) is 11.9. The number of benzene rings is 3. The van der Waals surface area contributed by atoms with Gasteiger partial charge in [0.1, 0.15) is 23.0 Å². The van der Waals surface area contributed by atoms with E-state index >= 15 is 0 Å². The number of rotatable bonds is 10. The molecule has 41 heavy (non-hydrogen) atoms. The van der Waals surface area contributed by atoms with Gasteiger partial charge in [-0.3, -0.25) is 5.32 Å². The van der Waals surface area contributed by atoms with E-state index in [0.717, 1.165) is 23.2 Å². The molecule has 5 rings (SSSR count). The first-order valence-corrected chi connectivity index (χ1v) is 13.7. The topological polar surface area (TPSA) is 131 Å². The maximum atomic E-state index is 11.8. The first-order valence-electron chi connectivity index (χ1n) is 13.7. The molecule has 10 nitrogen and oxygen atoms in total. The molecule has 10 heteroatoms. The van der Waals surface area contributed by atoms with Crippen LogP contribution in [0.25, 0.3) is 11.1 Å². The molecule has 0 spiro atoms. The van der Waals surface area contributed by atoms with Crippen LogP contribution in [0, 0.1) is 0 Å². The van der Waals surface area contributed by atoms with Crippen molar-refractivity contribution in [2.75, 3.05) is 48.1 Å². The summed E-state index contributed by atoms with van der Waals surface area (Å²) in [6.45, 7) is 3.52. The predicted octanol–water partition coefficient (Wildman–Crippen LogP) is 3.63. The van der Waals surface area contributed by atoms with Crippen LogP contribution in [0.4, 0.5) is 0 Å². The van der Waals surface area contributed by atoms with E-state index in [1.54, 1.807) is 25.3 Å². The van der Waals surface area contributed by atoms with Crippen LogP contribution in [0.15, 0.2) is 30.3 Å². The number of phenolic OH excluding ortho intramolecular Hbond substituents is 2. The van der Waals surface area contributed by atoms with E-state index in [9.17, 15) is 15.3 Å². The average Bonchev–Trinajstić information content (AvgIpc) is 2.97. The van der Waals surface area contributed by atoms with Gasteiger partial charge in [-0.2, -0.15) is 0 Å². The van der Waals surface area contributed by atoms with Crippen LogP contribution in [0.3, 0.4) is 0 Å². The van der Waals surface area contributed by atoms with E-state index in [1.165, 1.54) is 14.2 Å². The lowest BCUT2D eigenvalue weighted by Gasteiger charge is -2.35. The van der Waals surface area contributed by atoms with Crippen molar-refractivity contribution >= 4 is 0 Å². The number of likely N-dealkylation sites (N-methyl/N-ethyl adjacent to an activating group) is 2. The largest absolute Gasteiger partial charge is 0.507 e. The van der Waals surface area contributed by atoms with Crippen molar-refractivity contribution < 1.29 is 39.0 Å². The molecule has 220 valence electrons. The molecule has 5 N–H and O–H groups in total. The third kappa shape index (κ3) is 5.18. The second-order valence-electron chi connectivity index (χ2n) is 10.2. The van der Waals surface area contributed by atoms with Gasteiger partial charge in [-0.1, -0.05) is 6.92 Å². The van der Waals surface area contributed by atoms with Crippen molar-refractivity contribution in [3.8, 4) is 51.4 Å². The smallest absolute Gasteiger partial charge is 0.200 e. The van der Waals surface area contributed by atoms with Crippen LogP contribution < -0.4 is 34.3 Å². The summed E-state index contributed by atoms with van der Waals surface area (Å²) in [5.74, 6) is 1.71. The minimum Gasteiger partial charge on any atom is -0.507 e. The molecule has 0 radical (unpaired) electrons. The number of aliphatic hydroxyl groups excluding tert-OH is 1. The molecule has 3 atom stereocenters. The van der Waals surface area contributed by atoms with E-state index in [-0.39, 0.29) is 35.8 Å². The Morgan fingerprint density at radius 1 is 0.951 bits per heavy atom. The molecule has 3 aromatic rings. The third-order valence-corrected chi connectivity index (χ3v) is 7.84. The number of hydrogen-bond donors (Lipinski definition) is 5. The fourth-order valence-corrected chi connectivity index (χ4v) is 5.93. The highest BCUT2D eigenvalue weighted by atomic mass is 16.5. The van der Waals surface area contributed by atoms with Gasteiger partial charge in [0.25, 0.3) is 0 Å². The molecule has 0 amide bonds. The summed E-state index contributed by atoms with van der Waals surface area (Å²) in [5.41, 5.74) is 4.54. The zero-order valence-electron chi connectivity index (χ0n) is 24.0. The number of phenols is 2. The number of aliphatic hydroxyl groups is 1. The monoisotopic (exact) mass is 566 g/mol. The SMILES string of the molecule is CCNC(CNC)Oc1cc(OC)c2c(c1)-c1c(O)cc3c(c1CC2)C(O)C(c1cc(OC)c(O)c(OC)c1)CO3. The van der Waals surface area contributed by atoms with Gasteiger partial charge in [0.2, 0.25) is 5.75 Å². The van der Waals surface area contributed by atoms with Crippen molar-refractivity contribution in [3.63, 3.8) is 0 Å². The number of methoxy groups -OCH3 is 3. The summed E-state index contributed by atoms with van der Waals surface area (Å²) in [4.78, 5) is 0. The highest BCUT2D eigenvalue weighted by Crippen LogP contribution is 2.53. The molecule has 3 aromatic carbocycles. The van der Waals surface area contributed by atoms with Gasteiger partial charge in [-0.05, 0) is 61.3 Å². The minimum absolute atomic E-state index is 0.0657. The van der Waals surface area contributed by atoms with Gasteiger partial charge in [0.05, 0.1) is 34.0 Å². The first kappa shape index (κ1) is 28.7. The Balaban J connectivity index is 1.60. The Morgan fingerprint density at radius 3 is 2.27 bits per heavy atom. The van der Waals surface area contributed by atoms with Crippen LogP contribution in [0.5, 0.6) is 40.2 Å². The molecule has 1 heterocycles. The minimum atomic E-state index is -0.941. The van der Waals surface area contributed by atoms with Crippen LogP contribution in [-0.2, 0) is 12.8 Å². The Labute approximate surface area is 239 Å². The van der Waals surface area contributed by atoms with Crippen LogP contribution in [0.2, 0.25) is 0 Å². The summed E-state index contributed by atoms with van der Waals surface area (Å²) < 4.78 is 28.8. The lowest BCUT2D eigenvalue weighted by molar-refractivity contribution is 0.0875. The summed E-state index contributed by atoms with van der Waals surface area (Å²) in [5, 5.41) is 39.9. The van der Waals surface area contributed by atoms with E-state index < -0.39 is 12.0 Å². The van der Waals surface area contributed by atoms with E-state index in [4.69, 9.17) is 23.7 Å². The molecule has 0 bridgehead atoms. The molecule has 2 aliphatic rings. The second-order valence-corrected chi connectivity index (χ2v) is 10.2. The molecule has 0 aromatic heterocycles. The molecule has 0 fully saturated rings. The van der Waals surface area contributed by atoms with E-state index in [1.807, 2.05) is 26.1 Å². The van der Waals surface area contributed by atoms with Crippen molar-refractivity contribution in [1.29, 1.82) is 0 Å². The van der Waals surface area contributed by atoms with Crippen molar-refractivity contribution in [2.45, 2.75) is 38.0 Å². The number of fused-ring (bicyclic) bond motifs is 5. The maximum absolute atomic E-state index is 11.8. The highest BCUT2D eigenvalue weighted by molar-refractivity contribution is 5.84. The molecule has 0 saturated carbocycles. The normalized spacial score (nSPS) is 17.9. The van der Waals surface area contributed by atoms with Crippen molar-refractivity contribution in [3.05, 3.63) is 52.6 Å². The Bertz CT molecular complexity index is 1390. The molecule has 1 aliphatic heterocycles. The number of aromatic hydroxyl groups is 2. The van der Waals surface area contributed by atoms with Gasteiger partial charge in [-0.15, -0.1) is 0 Å². The number of nitrogens with one attached hydrogen (secondary N) is 2. The molecule has 3 unspecified atom stereocenters. The zero-order chi connectivity index (χ0) is 29.3. The molecule has 0 saturated heterocycles.